The van der Waals surface area contributed by atoms with Crippen molar-refractivity contribution in [3.8, 4) is 0 Å². The lowest BCUT2D eigenvalue weighted by Gasteiger charge is -2.02. The fourth-order valence-corrected chi connectivity index (χ4v) is 2.60. The molecule has 0 unspecified atom stereocenters. The summed E-state index contributed by atoms with van der Waals surface area (Å²) < 4.78 is 0. The fourth-order valence-electron chi connectivity index (χ4n) is 2.60. The molecular weight excluding hydrogens is 284 g/mol. The zero-order chi connectivity index (χ0) is 16.2. The second-order valence-corrected chi connectivity index (χ2v) is 5.20. The third-order valence-corrected chi connectivity index (χ3v) is 3.73. The molecule has 23 heavy (non-hydrogen) atoms. The van der Waals surface area contributed by atoms with Crippen molar-refractivity contribution in [3.63, 3.8) is 0 Å². The van der Waals surface area contributed by atoms with Crippen LogP contribution in [0.15, 0.2) is 91.1 Å². The number of aliphatic hydroxyl groups is 1. The first-order chi connectivity index (χ1) is 11.2. The summed E-state index contributed by atoms with van der Waals surface area (Å²) in [4.78, 5) is 12.5. The van der Waals surface area contributed by atoms with E-state index in [0.29, 0.717) is 16.7 Å². The number of hydrogen-bond donors (Lipinski definition) is 1. The first-order valence-electron chi connectivity index (χ1n) is 7.36. The zero-order valence-corrected chi connectivity index (χ0v) is 12.6. The highest BCUT2D eigenvalue weighted by Gasteiger charge is 2.28. The summed E-state index contributed by atoms with van der Waals surface area (Å²) in [6.45, 7) is 3.58. The molecule has 0 aromatic heterocycles. The number of ketones is 1. The van der Waals surface area contributed by atoms with Crippen molar-refractivity contribution < 1.29 is 9.90 Å². The maximum absolute atomic E-state index is 12.5. The number of carbonyl (C=O) groups is 1. The average Bonchev–Trinajstić information content (AvgIpc) is 2.80. The minimum Gasteiger partial charge on any atom is -0.507 e. The van der Waals surface area contributed by atoms with Crippen LogP contribution >= 0.6 is 0 Å². The van der Waals surface area contributed by atoms with Gasteiger partial charge in [0, 0.05) is 11.1 Å². The molecule has 0 fully saturated rings. The van der Waals surface area contributed by atoms with Gasteiger partial charge in [0.2, 0.25) is 0 Å². The van der Waals surface area contributed by atoms with E-state index in [-0.39, 0.29) is 11.5 Å². The van der Waals surface area contributed by atoms with E-state index in [2.05, 4.69) is 6.58 Å². The van der Waals surface area contributed by atoms with Gasteiger partial charge in [0.15, 0.2) is 5.78 Å². The molecule has 1 aliphatic carbocycles. The molecule has 1 aliphatic rings. The van der Waals surface area contributed by atoms with Gasteiger partial charge in [-0.05, 0) is 29.0 Å². The van der Waals surface area contributed by atoms with Gasteiger partial charge in [0.05, 0.1) is 5.57 Å². The highest BCUT2D eigenvalue weighted by Crippen LogP contribution is 2.34. The summed E-state index contributed by atoms with van der Waals surface area (Å²) in [5, 5.41) is 12.4. The van der Waals surface area contributed by atoms with E-state index < -0.39 is 0 Å². The van der Waals surface area contributed by atoms with Crippen molar-refractivity contribution in [1.82, 2.24) is 0 Å². The van der Waals surface area contributed by atoms with Crippen molar-refractivity contribution >= 4 is 22.3 Å². The van der Waals surface area contributed by atoms with Crippen LogP contribution in [0.5, 0.6) is 0 Å². The number of hydrogen-bond acceptors (Lipinski definition) is 2. The van der Waals surface area contributed by atoms with Crippen LogP contribution in [0.2, 0.25) is 0 Å². The maximum Gasteiger partial charge on any atom is 0.197 e. The van der Waals surface area contributed by atoms with Gasteiger partial charge >= 0.3 is 0 Å². The van der Waals surface area contributed by atoms with Crippen molar-refractivity contribution in [3.05, 3.63) is 102 Å². The van der Waals surface area contributed by atoms with E-state index in [1.807, 2.05) is 54.6 Å². The molecule has 2 nitrogen and oxygen atoms in total. The van der Waals surface area contributed by atoms with Crippen molar-refractivity contribution in [2.24, 2.45) is 0 Å². The van der Waals surface area contributed by atoms with Crippen molar-refractivity contribution in [2.75, 3.05) is 0 Å². The zero-order valence-electron chi connectivity index (χ0n) is 12.6. The third kappa shape index (κ3) is 2.79. The lowest BCUT2D eigenvalue weighted by Crippen LogP contribution is -1.96. The molecule has 2 aromatic carbocycles. The normalized spacial score (nSPS) is 14.7. The molecule has 112 valence electrons. The molecule has 0 spiro atoms. The van der Waals surface area contributed by atoms with E-state index in [1.54, 1.807) is 24.3 Å². The third-order valence-electron chi connectivity index (χ3n) is 3.73. The summed E-state index contributed by atoms with van der Waals surface area (Å²) >= 11 is 0. The molecule has 2 aromatic rings. The molecule has 0 saturated heterocycles. The molecule has 0 amide bonds. The number of benzene rings is 2. The Labute approximate surface area is 135 Å². The monoisotopic (exact) mass is 300 g/mol. The summed E-state index contributed by atoms with van der Waals surface area (Å²) in [7, 11) is 0. The summed E-state index contributed by atoms with van der Waals surface area (Å²) in [6, 6.07) is 11.5. The summed E-state index contributed by atoms with van der Waals surface area (Å²) in [5.41, 5.74) is 1.48. The Morgan fingerprint density at radius 3 is 2.17 bits per heavy atom. The van der Waals surface area contributed by atoms with Crippen LogP contribution in [0.25, 0.3) is 16.5 Å². The number of allylic oxidation sites excluding steroid dienone is 8. The van der Waals surface area contributed by atoms with Gasteiger partial charge < -0.3 is 5.11 Å². The lowest BCUT2D eigenvalue weighted by molar-refractivity contribution is 0.104. The Bertz CT molecular complexity index is 909. The molecule has 0 bridgehead atoms. The number of Topliss-reactive ketones (excluding diaryl/α,β-unsaturated/α-hetero) is 1. The molecule has 0 radical (unpaired) electrons. The van der Waals surface area contributed by atoms with E-state index in [0.717, 1.165) is 10.8 Å². The van der Waals surface area contributed by atoms with E-state index in [9.17, 15) is 9.90 Å². The topological polar surface area (TPSA) is 37.3 Å². The van der Waals surface area contributed by atoms with Crippen LogP contribution in [0.4, 0.5) is 0 Å². The standard InChI is InChI=1S/C21H16O2/c1-2-3-4-5-6-7-12-17-20(22)18-13-15-10-8-9-11-16(15)14-19(18)21(17)23/h2-14,22H,1H2/b4-3+,6-5+,12-7+. The van der Waals surface area contributed by atoms with Gasteiger partial charge in [0.25, 0.3) is 0 Å². The molecule has 0 aliphatic heterocycles. The minimum atomic E-state index is -0.144. The van der Waals surface area contributed by atoms with E-state index in [4.69, 9.17) is 0 Å². The molecule has 3 rings (SSSR count). The molecule has 2 heteroatoms. The Kier molecular flexibility index (Phi) is 4.07. The Morgan fingerprint density at radius 2 is 1.48 bits per heavy atom. The Hall–Kier alpha value is -3.13. The largest absolute Gasteiger partial charge is 0.507 e. The van der Waals surface area contributed by atoms with E-state index in [1.165, 1.54) is 0 Å². The first-order valence-corrected chi connectivity index (χ1v) is 7.36. The van der Waals surface area contributed by atoms with Gasteiger partial charge in [-0.15, -0.1) is 0 Å². The molecule has 0 heterocycles. The van der Waals surface area contributed by atoms with E-state index >= 15 is 0 Å². The van der Waals surface area contributed by atoms with Gasteiger partial charge in [-0.3, -0.25) is 4.79 Å². The summed E-state index contributed by atoms with van der Waals surface area (Å²) in [6.07, 6.45) is 12.3. The average molecular weight is 300 g/mol. The van der Waals surface area contributed by atoms with Crippen LogP contribution in [0, 0.1) is 0 Å². The second kappa shape index (κ2) is 6.32. The maximum atomic E-state index is 12.5. The fraction of sp³-hybridized carbons (Fsp3) is 0. The van der Waals surface area contributed by atoms with Crippen molar-refractivity contribution in [2.45, 2.75) is 0 Å². The summed E-state index contributed by atoms with van der Waals surface area (Å²) in [5.74, 6) is -0.100. The molecular formula is C21H16O2. The van der Waals surface area contributed by atoms with Gasteiger partial charge in [-0.2, -0.15) is 0 Å². The van der Waals surface area contributed by atoms with Crippen molar-refractivity contribution in [1.29, 1.82) is 0 Å². The SMILES string of the molecule is C=C/C=C/C=C/C=C/C1=C(O)c2cc3ccccc3cc2C1=O. The predicted octanol–water partition coefficient (Wildman–Crippen LogP) is 5.16. The Morgan fingerprint density at radius 1 is 0.870 bits per heavy atom. The predicted molar refractivity (Wildman–Crippen MR) is 95.4 cm³/mol. The van der Waals surface area contributed by atoms with Crippen LogP contribution in [0.1, 0.15) is 15.9 Å². The number of fused-ring (bicyclic) bond motifs is 2. The van der Waals surface area contributed by atoms with Gasteiger partial charge in [0.1, 0.15) is 5.76 Å². The molecule has 0 saturated carbocycles. The Balaban J connectivity index is 1.95. The number of carbonyl (C=O) groups excluding carboxylic acids is 1. The minimum absolute atomic E-state index is 0.0436. The molecule has 1 N–H and O–H groups in total. The van der Waals surface area contributed by atoms with Crippen LogP contribution < -0.4 is 0 Å². The second-order valence-electron chi connectivity index (χ2n) is 5.20. The van der Waals surface area contributed by atoms with Gasteiger partial charge in [-0.1, -0.05) is 67.3 Å². The van der Waals surface area contributed by atoms with Gasteiger partial charge in [-0.25, -0.2) is 0 Å². The van der Waals surface area contributed by atoms with Crippen LogP contribution in [0.3, 0.4) is 0 Å². The number of rotatable bonds is 4. The van der Waals surface area contributed by atoms with Crippen LogP contribution in [-0.2, 0) is 0 Å². The van der Waals surface area contributed by atoms with Crippen LogP contribution in [-0.4, -0.2) is 10.9 Å². The number of aliphatic hydroxyl groups excluding tert-OH is 1. The quantitative estimate of drug-likeness (QED) is 0.792. The highest BCUT2D eigenvalue weighted by molar-refractivity contribution is 6.22. The first kappa shape index (κ1) is 14.8. The lowest BCUT2D eigenvalue weighted by atomic mass is 10.0. The molecule has 0 atom stereocenters. The highest BCUT2D eigenvalue weighted by atomic mass is 16.3. The smallest absolute Gasteiger partial charge is 0.197 e.